The van der Waals surface area contributed by atoms with Crippen molar-refractivity contribution in [3.05, 3.63) is 23.9 Å². The van der Waals surface area contributed by atoms with E-state index in [9.17, 15) is 5.11 Å². The Kier molecular flexibility index (Phi) is 2.73. The fourth-order valence-electron chi connectivity index (χ4n) is 0.732. The number of allylic oxidation sites excluding steroid dienone is 1. The van der Waals surface area contributed by atoms with Crippen LogP contribution in [0.5, 0.6) is 0 Å². The second-order valence-corrected chi connectivity index (χ2v) is 3.74. The molecule has 4 heteroatoms. The Bertz CT molecular complexity index is 264. The van der Waals surface area contributed by atoms with Gasteiger partial charge >= 0.3 is 0 Å². The van der Waals surface area contributed by atoms with Crippen molar-refractivity contribution < 1.29 is 5.11 Å². The molecule has 1 aliphatic rings. The van der Waals surface area contributed by atoms with Gasteiger partial charge in [0, 0.05) is 6.42 Å². The predicted molar refractivity (Wildman–Crippen MR) is 50.7 cm³/mol. The highest BCUT2D eigenvalue weighted by atomic mass is 79.9. The minimum atomic E-state index is -0.909. The Morgan fingerprint density at radius 1 is 1.82 bits per heavy atom. The number of alkyl halides is 1. The molecular formula is C7H6BrNOS. The van der Waals surface area contributed by atoms with Crippen molar-refractivity contribution in [1.82, 2.24) is 0 Å². The third-order valence-electron chi connectivity index (χ3n) is 1.28. The average molecular weight is 232 g/mol. The lowest BCUT2D eigenvalue weighted by Crippen LogP contribution is -2.16. The number of aliphatic imine (C=N–C) groups is 1. The molecule has 1 rings (SSSR count). The Balaban J connectivity index is 2.75. The summed E-state index contributed by atoms with van der Waals surface area (Å²) in [5, 5.41) is 11.6. The second kappa shape index (κ2) is 3.41. The molecule has 1 atom stereocenters. The van der Waals surface area contributed by atoms with Crippen LogP contribution in [0.2, 0.25) is 0 Å². The van der Waals surface area contributed by atoms with E-state index in [-0.39, 0.29) is 0 Å². The van der Waals surface area contributed by atoms with Gasteiger partial charge in [0.15, 0.2) is 0 Å². The summed E-state index contributed by atoms with van der Waals surface area (Å²) in [7, 11) is 0. The molecule has 1 unspecified atom stereocenters. The lowest BCUT2D eigenvalue weighted by molar-refractivity contribution is 0.197. The lowest BCUT2D eigenvalue weighted by Gasteiger charge is -2.17. The van der Waals surface area contributed by atoms with Gasteiger partial charge in [-0.3, -0.25) is 0 Å². The molecule has 58 valence electrons. The highest BCUT2D eigenvalue weighted by Gasteiger charge is 2.19. The Hall–Kier alpha value is -0.280. The minimum Gasteiger partial charge on any atom is -0.375 e. The molecule has 1 N–H and O–H groups in total. The van der Waals surface area contributed by atoms with Crippen LogP contribution in [-0.4, -0.2) is 14.8 Å². The highest BCUT2D eigenvalue weighted by molar-refractivity contribution is 9.10. The van der Waals surface area contributed by atoms with Crippen LogP contribution in [0.4, 0.5) is 0 Å². The molecule has 0 heterocycles. The molecule has 0 fully saturated rings. The number of hydrogen-bond donors (Lipinski definition) is 1. The number of isothiocyanates is 1. The van der Waals surface area contributed by atoms with E-state index in [1.807, 2.05) is 0 Å². The molecule has 0 aromatic rings. The molecule has 0 aromatic carbocycles. The van der Waals surface area contributed by atoms with Crippen LogP contribution in [0.25, 0.3) is 0 Å². The first-order valence-electron chi connectivity index (χ1n) is 3.03. The van der Waals surface area contributed by atoms with Crippen molar-refractivity contribution in [2.24, 2.45) is 4.99 Å². The first kappa shape index (κ1) is 8.81. The minimum absolute atomic E-state index is 0.499. The third-order valence-corrected chi connectivity index (χ3v) is 1.96. The highest BCUT2D eigenvalue weighted by Crippen LogP contribution is 2.26. The Morgan fingerprint density at radius 3 is 3.00 bits per heavy atom. The summed E-state index contributed by atoms with van der Waals surface area (Å²) in [6.45, 7) is 0. The van der Waals surface area contributed by atoms with Crippen molar-refractivity contribution in [1.29, 1.82) is 0 Å². The van der Waals surface area contributed by atoms with Gasteiger partial charge in [0.25, 0.3) is 0 Å². The largest absolute Gasteiger partial charge is 0.375 e. The van der Waals surface area contributed by atoms with Gasteiger partial charge in [-0.1, -0.05) is 6.08 Å². The number of rotatable bonds is 1. The van der Waals surface area contributed by atoms with E-state index in [4.69, 9.17) is 0 Å². The fourth-order valence-corrected chi connectivity index (χ4v) is 1.13. The first-order chi connectivity index (χ1) is 5.14. The zero-order valence-electron chi connectivity index (χ0n) is 5.62. The van der Waals surface area contributed by atoms with Crippen LogP contribution in [0.3, 0.4) is 0 Å². The quantitative estimate of drug-likeness (QED) is 0.426. The molecule has 0 bridgehead atoms. The van der Waals surface area contributed by atoms with Gasteiger partial charge in [0.05, 0.1) is 10.9 Å². The average Bonchev–Trinajstić information content (AvgIpc) is 1.94. The molecular weight excluding hydrogens is 226 g/mol. The van der Waals surface area contributed by atoms with Crippen LogP contribution < -0.4 is 0 Å². The predicted octanol–water partition coefficient (Wildman–Crippen LogP) is 2.02. The zero-order chi connectivity index (χ0) is 8.32. The van der Waals surface area contributed by atoms with Gasteiger partial charge < -0.3 is 5.11 Å². The first-order valence-corrected chi connectivity index (χ1v) is 4.23. The second-order valence-electron chi connectivity index (χ2n) is 2.19. The van der Waals surface area contributed by atoms with Crippen LogP contribution in [-0.2, 0) is 0 Å². The maximum absolute atomic E-state index is 9.36. The van der Waals surface area contributed by atoms with E-state index in [0.29, 0.717) is 6.42 Å². The summed E-state index contributed by atoms with van der Waals surface area (Å²) in [4.78, 5) is 3.76. The normalized spacial score (nSPS) is 29.1. The maximum Gasteiger partial charge on any atom is 0.141 e. The van der Waals surface area contributed by atoms with Crippen molar-refractivity contribution >= 4 is 33.3 Å². The lowest BCUT2D eigenvalue weighted by atomic mass is 10.1. The molecule has 0 aliphatic heterocycles. The van der Waals surface area contributed by atoms with Crippen LogP contribution in [0, 0.1) is 0 Å². The standard InChI is InChI=1S/C7H6BrNOS/c8-7(10)3-1-6(2-4-7)9-5-11/h1-3,10H,4H2. The third kappa shape index (κ3) is 2.67. The Labute approximate surface area is 78.5 Å². The SMILES string of the molecule is OC1(Br)C=CC(N=C=S)=CC1. The summed E-state index contributed by atoms with van der Waals surface area (Å²) in [5.41, 5.74) is 0.740. The van der Waals surface area contributed by atoms with Gasteiger partial charge in [-0.2, -0.15) is 4.99 Å². The van der Waals surface area contributed by atoms with Crippen LogP contribution >= 0.6 is 28.1 Å². The molecule has 0 radical (unpaired) electrons. The van der Waals surface area contributed by atoms with Gasteiger partial charge in [-0.25, -0.2) is 0 Å². The summed E-state index contributed by atoms with van der Waals surface area (Å²) < 4.78 is -0.909. The summed E-state index contributed by atoms with van der Waals surface area (Å²) in [6.07, 6.45) is 5.60. The zero-order valence-corrected chi connectivity index (χ0v) is 8.02. The number of thiocarbonyl (C=S) groups is 1. The van der Waals surface area contributed by atoms with E-state index in [2.05, 4.69) is 38.3 Å². The molecule has 0 aromatic heterocycles. The molecule has 0 saturated carbocycles. The topological polar surface area (TPSA) is 32.6 Å². The fraction of sp³-hybridized carbons (Fsp3) is 0.286. The van der Waals surface area contributed by atoms with E-state index < -0.39 is 4.51 Å². The van der Waals surface area contributed by atoms with Gasteiger partial charge in [0.1, 0.15) is 4.51 Å². The maximum atomic E-state index is 9.36. The molecule has 1 aliphatic carbocycles. The molecule has 0 amide bonds. The number of halogens is 1. The van der Waals surface area contributed by atoms with Gasteiger partial charge in [-0.05, 0) is 40.3 Å². The number of hydrogen-bond acceptors (Lipinski definition) is 3. The van der Waals surface area contributed by atoms with E-state index >= 15 is 0 Å². The molecule has 11 heavy (non-hydrogen) atoms. The van der Waals surface area contributed by atoms with Gasteiger partial charge in [0.2, 0.25) is 0 Å². The van der Waals surface area contributed by atoms with Crippen LogP contribution in [0.15, 0.2) is 28.9 Å². The van der Waals surface area contributed by atoms with E-state index in [0.717, 1.165) is 5.70 Å². The monoisotopic (exact) mass is 231 g/mol. The molecule has 0 saturated heterocycles. The summed E-state index contributed by atoms with van der Waals surface area (Å²) in [6, 6.07) is 0. The smallest absolute Gasteiger partial charge is 0.141 e. The Morgan fingerprint density at radius 2 is 2.55 bits per heavy atom. The van der Waals surface area contributed by atoms with E-state index in [1.165, 1.54) is 0 Å². The van der Waals surface area contributed by atoms with Crippen LogP contribution in [0.1, 0.15) is 6.42 Å². The number of nitrogens with zero attached hydrogens (tertiary/aromatic N) is 1. The van der Waals surface area contributed by atoms with Crippen molar-refractivity contribution in [3.8, 4) is 0 Å². The van der Waals surface area contributed by atoms with Crippen molar-refractivity contribution in [3.63, 3.8) is 0 Å². The van der Waals surface area contributed by atoms with Crippen molar-refractivity contribution in [2.75, 3.05) is 0 Å². The number of aliphatic hydroxyl groups is 1. The summed E-state index contributed by atoms with van der Waals surface area (Å²) >= 11 is 7.53. The molecule has 2 nitrogen and oxygen atoms in total. The van der Waals surface area contributed by atoms with Gasteiger partial charge in [-0.15, -0.1) is 0 Å². The van der Waals surface area contributed by atoms with Crippen molar-refractivity contribution in [2.45, 2.75) is 10.9 Å². The molecule has 0 spiro atoms. The summed E-state index contributed by atoms with van der Waals surface area (Å²) in [5.74, 6) is 0. The van der Waals surface area contributed by atoms with E-state index in [1.54, 1.807) is 18.2 Å².